The fourth-order valence-electron chi connectivity index (χ4n) is 1.60. The van der Waals surface area contributed by atoms with Gasteiger partial charge in [-0.15, -0.1) is 0 Å². The summed E-state index contributed by atoms with van der Waals surface area (Å²) in [6.07, 6.45) is 2.06. The standard InChI is InChI=1S/C13H26N2O2/c1-7-8-9-14(6)12(17)10-15(11(2)16)13(3,4)5/h7-10H2,1-6H3. The summed E-state index contributed by atoms with van der Waals surface area (Å²) in [5.41, 5.74) is -0.312. The fraction of sp³-hybridized carbons (Fsp3) is 0.846. The number of hydrogen-bond acceptors (Lipinski definition) is 2. The van der Waals surface area contributed by atoms with Crippen LogP contribution in [-0.2, 0) is 9.59 Å². The smallest absolute Gasteiger partial charge is 0.241 e. The van der Waals surface area contributed by atoms with Gasteiger partial charge in [0.05, 0.1) is 0 Å². The van der Waals surface area contributed by atoms with Gasteiger partial charge in [0.15, 0.2) is 0 Å². The Kier molecular flexibility index (Phi) is 6.21. The highest BCUT2D eigenvalue weighted by atomic mass is 16.2. The van der Waals surface area contributed by atoms with E-state index in [1.807, 2.05) is 20.8 Å². The topological polar surface area (TPSA) is 40.6 Å². The number of nitrogens with zero attached hydrogens (tertiary/aromatic N) is 2. The summed E-state index contributed by atoms with van der Waals surface area (Å²) >= 11 is 0. The summed E-state index contributed by atoms with van der Waals surface area (Å²) in [7, 11) is 1.79. The van der Waals surface area contributed by atoms with Gasteiger partial charge in [0.1, 0.15) is 6.54 Å². The van der Waals surface area contributed by atoms with Gasteiger partial charge in [0.25, 0.3) is 0 Å². The molecule has 4 nitrogen and oxygen atoms in total. The summed E-state index contributed by atoms with van der Waals surface area (Å²) in [5, 5.41) is 0. The average Bonchev–Trinajstić information content (AvgIpc) is 2.19. The Morgan fingerprint density at radius 3 is 2.06 bits per heavy atom. The predicted molar refractivity (Wildman–Crippen MR) is 69.7 cm³/mol. The Bertz CT molecular complexity index is 269. The highest BCUT2D eigenvalue weighted by Crippen LogP contribution is 2.13. The van der Waals surface area contributed by atoms with Crippen LogP contribution in [0, 0.1) is 0 Å². The third kappa shape index (κ3) is 5.71. The molecule has 0 bridgehead atoms. The first-order chi connectivity index (χ1) is 7.70. The average molecular weight is 242 g/mol. The second-order valence-electron chi connectivity index (χ2n) is 5.44. The predicted octanol–water partition coefficient (Wildman–Crippen LogP) is 1.89. The molecule has 100 valence electrons. The highest BCUT2D eigenvalue weighted by molar-refractivity contribution is 5.84. The van der Waals surface area contributed by atoms with E-state index in [1.54, 1.807) is 16.8 Å². The Morgan fingerprint density at radius 1 is 1.18 bits per heavy atom. The zero-order chi connectivity index (χ0) is 13.6. The lowest BCUT2D eigenvalue weighted by Gasteiger charge is -2.35. The minimum atomic E-state index is -0.312. The zero-order valence-electron chi connectivity index (χ0n) is 12.0. The minimum Gasteiger partial charge on any atom is -0.344 e. The van der Waals surface area contributed by atoms with Crippen LogP contribution in [0.1, 0.15) is 47.5 Å². The first-order valence-corrected chi connectivity index (χ1v) is 6.22. The van der Waals surface area contributed by atoms with Gasteiger partial charge in [-0.3, -0.25) is 9.59 Å². The molecule has 17 heavy (non-hydrogen) atoms. The van der Waals surface area contributed by atoms with E-state index in [2.05, 4.69) is 6.92 Å². The largest absolute Gasteiger partial charge is 0.344 e. The molecule has 0 aliphatic heterocycles. The van der Waals surface area contributed by atoms with Gasteiger partial charge in [-0.2, -0.15) is 0 Å². The molecule has 2 amide bonds. The van der Waals surface area contributed by atoms with Crippen molar-refractivity contribution in [3.05, 3.63) is 0 Å². The van der Waals surface area contributed by atoms with Gasteiger partial charge in [0.2, 0.25) is 11.8 Å². The molecular weight excluding hydrogens is 216 g/mol. The van der Waals surface area contributed by atoms with Gasteiger partial charge < -0.3 is 9.80 Å². The Labute approximate surface area is 105 Å². The number of carbonyl (C=O) groups excluding carboxylic acids is 2. The van der Waals surface area contributed by atoms with Crippen molar-refractivity contribution in [2.75, 3.05) is 20.1 Å². The van der Waals surface area contributed by atoms with Crippen LogP contribution in [0.2, 0.25) is 0 Å². The van der Waals surface area contributed by atoms with Crippen molar-refractivity contribution < 1.29 is 9.59 Å². The van der Waals surface area contributed by atoms with Crippen molar-refractivity contribution >= 4 is 11.8 Å². The quantitative estimate of drug-likeness (QED) is 0.738. The van der Waals surface area contributed by atoms with Gasteiger partial charge in [-0.1, -0.05) is 13.3 Å². The zero-order valence-corrected chi connectivity index (χ0v) is 12.0. The summed E-state index contributed by atoms with van der Waals surface area (Å²) in [6, 6.07) is 0. The van der Waals surface area contributed by atoms with Gasteiger partial charge in [-0.05, 0) is 27.2 Å². The van der Waals surface area contributed by atoms with E-state index < -0.39 is 0 Å². The third-order valence-electron chi connectivity index (χ3n) is 2.76. The van der Waals surface area contributed by atoms with E-state index in [-0.39, 0.29) is 23.9 Å². The molecular formula is C13H26N2O2. The lowest BCUT2D eigenvalue weighted by atomic mass is 10.1. The van der Waals surface area contributed by atoms with Crippen LogP contribution in [0.4, 0.5) is 0 Å². The molecule has 0 saturated carbocycles. The van der Waals surface area contributed by atoms with E-state index >= 15 is 0 Å². The molecule has 0 fully saturated rings. The molecule has 0 aliphatic rings. The molecule has 0 aromatic rings. The first-order valence-electron chi connectivity index (χ1n) is 6.22. The second-order valence-corrected chi connectivity index (χ2v) is 5.44. The summed E-state index contributed by atoms with van der Waals surface area (Å²) < 4.78 is 0. The van der Waals surface area contributed by atoms with Gasteiger partial charge in [0, 0.05) is 26.1 Å². The summed E-state index contributed by atoms with van der Waals surface area (Å²) in [4.78, 5) is 26.8. The van der Waals surface area contributed by atoms with Crippen LogP contribution < -0.4 is 0 Å². The van der Waals surface area contributed by atoms with Crippen LogP contribution in [0.5, 0.6) is 0 Å². The Hall–Kier alpha value is -1.06. The number of rotatable bonds is 5. The van der Waals surface area contributed by atoms with Crippen molar-refractivity contribution in [1.29, 1.82) is 0 Å². The molecule has 0 aliphatic carbocycles. The lowest BCUT2D eigenvalue weighted by molar-refractivity contribution is -0.142. The maximum Gasteiger partial charge on any atom is 0.241 e. The summed E-state index contributed by atoms with van der Waals surface area (Å²) in [5.74, 6) is -0.0571. The normalized spacial score (nSPS) is 11.2. The van der Waals surface area contributed by atoms with Crippen molar-refractivity contribution in [3.63, 3.8) is 0 Å². The van der Waals surface area contributed by atoms with Crippen molar-refractivity contribution in [1.82, 2.24) is 9.80 Å². The number of hydrogen-bond donors (Lipinski definition) is 0. The first kappa shape index (κ1) is 15.9. The van der Waals surface area contributed by atoms with Crippen molar-refractivity contribution in [2.24, 2.45) is 0 Å². The molecule has 0 saturated heterocycles. The molecule has 4 heteroatoms. The van der Waals surface area contributed by atoms with Crippen molar-refractivity contribution in [2.45, 2.75) is 53.0 Å². The number of carbonyl (C=O) groups is 2. The number of likely N-dealkylation sites (N-methyl/N-ethyl adjacent to an activating group) is 1. The van der Waals surface area contributed by atoms with E-state index in [1.165, 1.54) is 6.92 Å². The molecule has 0 radical (unpaired) electrons. The van der Waals surface area contributed by atoms with E-state index in [0.717, 1.165) is 19.4 Å². The van der Waals surface area contributed by atoms with E-state index in [9.17, 15) is 9.59 Å². The van der Waals surface area contributed by atoms with E-state index in [4.69, 9.17) is 0 Å². The van der Waals surface area contributed by atoms with Gasteiger partial charge in [-0.25, -0.2) is 0 Å². The fourth-order valence-corrected chi connectivity index (χ4v) is 1.60. The minimum absolute atomic E-state index is 0.00331. The van der Waals surface area contributed by atoms with E-state index in [0.29, 0.717) is 0 Å². The lowest BCUT2D eigenvalue weighted by Crippen LogP contribution is -2.49. The molecule has 0 N–H and O–H groups in total. The molecule has 0 spiro atoms. The maximum atomic E-state index is 11.9. The van der Waals surface area contributed by atoms with Crippen LogP contribution >= 0.6 is 0 Å². The van der Waals surface area contributed by atoms with Gasteiger partial charge >= 0.3 is 0 Å². The highest BCUT2D eigenvalue weighted by Gasteiger charge is 2.26. The molecule has 0 heterocycles. The molecule has 0 unspecified atom stereocenters. The molecule has 0 rings (SSSR count). The molecule has 0 aromatic heterocycles. The van der Waals surface area contributed by atoms with Crippen LogP contribution in [0.3, 0.4) is 0 Å². The Balaban J connectivity index is 4.47. The summed E-state index contributed by atoms with van der Waals surface area (Å²) in [6.45, 7) is 10.3. The number of amides is 2. The van der Waals surface area contributed by atoms with Crippen LogP contribution in [0.15, 0.2) is 0 Å². The Morgan fingerprint density at radius 2 is 1.71 bits per heavy atom. The third-order valence-corrected chi connectivity index (χ3v) is 2.76. The van der Waals surface area contributed by atoms with Crippen LogP contribution in [0.25, 0.3) is 0 Å². The maximum absolute atomic E-state index is 11.9. The molecule has 0 atom stereocenters. The monoisotopic (exact) mass is 242 g/mol. The van der Waals surface area contributed by atoms with Crippen LogP contribution in [-0.4, -0.2) is 47.3 Å². The SMILES string of the molecule is CCCCN(C)C(=O)CN(C(C)=O)C(C)(C)C. The second kappa shape index (κ2) is 6.62. The number of unbranched alkanes of at least 4 members (excludes halogenated alkanes) is 1. The molecule has 0 aromatic carbocycles. The van der Waals surface area contributed by atoms with Crippen molar-refractivity contribution in [3.8, 4) is 0 Å².